The van der Waals surface area contributed by atoms with Gasteiger partial charge in [-0.15, -0.1) is 0 Å². The summed E-state index contributed by atoms with van der Waals surface area (Å²) in [6.07, 6.45) is 0. The molecule has 3 N–H and O–H groups in total. The zero-order valence-corrected chi connectivity index (χ0v) is 10.3. The highest BCUT2D eigenvalue weighted by atomic mass is 19.1. The highest BCUT2D eigenvalue weighted by Crippen LogP contribution is 2.38. The lowest BCUT2D eigenvalue weighted by Crippen LogP contribution is -2.47. The topological polar surface area (TPSA) is 49.5 Å². The summed E-state index contributed by atoms with van der Waals surface area (Å²) in [5.74, 6) is -0.183. The fourth-order valence-corrected chi connectivity index (χ4v) is 2.48. The van der Waals surface area contributed by atoms with Crippen LogP contribution in [0.3, 0.4) is 0 Å². The monoisotopic (exact) mass is 238 g/mol. The molecule has 3 nitrogen and oxygen atoms in total. The van der Waals surface area contributed by atoms with Crippen molar-refractivity contribution >= 4 is 0 Å². The van der Waals surface area contributed by atoms with Gasteiger partial charge in [-0.3, -0.25) is 4.90 Å². The van der Waals surface area contributed by atoms with E-state index in [0.29, 0.717) is 18.7 Å². The molecule has 1 unspecified atom stereocenters. The number of aliphatic hydroxyl groups excluding tert-OH is 1. The first-order chi connectivity index (χ1) is 8.01. The Balaban J connectivity index is 2.41. The molecule has 0 spiro atoms. The number of benzene rings is 1. The van der Waals surface area contributed by atoms with Crippen molar-refractivity contribution in [2.24, 2.45) is 5.73 Å². The third kappa shape index (κ3) is 1.97. The Kier molecular flexibility index (Phi) is 3.21. The minimum atomic E-state index is -0.393. The van der Waals surface area contributed by atoms with E-state index in [0.717, 1.165) is 5.56 Å². The highest BCUT2D eigenvalue weighted by molar-refractivity contribution is 5.36. The van der Waals surface area contributed by atoms with Crippen LogP contribution in [0.25, 0.3) is 0 Å². The first-order valence-electron chi connectivity index (χ1n) is 5.86. The van der Waals surface area contributed by atoms with E-state index >= 15 is 0 Å². The Morgan fingerprint density at radius 3 is 2.82 bits per heavy atom. The molecule has 0 aliphatic carbocycles. The SMILES string of the molecule is CC(C)(CO)N1Cc2c(F)cccc2C1CN. The number of rotatable bonds is 3. The van der Waals surface area contributed by atoms with Gasteiger partial charge in [0.05, 0.1) is 6.61 Å². The first-order valence-corrected chi connectivity index (χ1v) is 5.86. The molecule has 0 radical (unpaired) electrons. The number of nitrogens with zero attached hydrogens (tertiary/aromatic N) is 1. The maximum atomic E-state index is 13.7. The Labute approximate surface area is 101 Å². The van der Waals surface area contributed by atoms with Gasteiger partial charge in [-0.1, -0.05) is 12.1 Å². The van der Waals surface area contributed by atoms with Crippen molar-refractivity contribution in [3.63, 3.8) is 0 Å². The summed E-state index contributed by atoms with van der Waals surface area (Å²) < 4.78 is 13.7. The molecular weight excluding hydrogens is 219 g/mol. The molecule has 0 bridgehead atoms. The molecule has 94 valence electrons. The van der Waals surface area contributed by atoms with Crippen LogP contribution in [0.15, 0.2) is 18.2 Å². The molecule has 2 rings (SSSR count). The van der Waals surface area contributed by atoms with Crippen LogP contribution in [0, 0.1) is 5.82 Å². The molecule has 4 heteroatoms. The highest BCUT2D eigenvalue weighted by Gasteiger charge is 2.39. The third-order valence-electron chi connectivity index (χ3n) is 3.61. The Hall–Kier alpha value is -0.970. The molecule has 0 saturated heterocycles. The predicted octanol–water partition coefficient (Wildman–Crippen LogP) is 1.41. The molecule has 1 heterocycles. The van der Waals surface area contributed by atoms with E-state index in [2.05, 4.69) is 4.90 Å². The average molecular weight is 238 g/mol. The van der Waals surface area contributed by atoms with E-state index in [9.17, 15) is 9.50 Å². The van der Waals surface area contributed by atoms with Crippen molar-refractivity contribution in [1.29, 1.82) is 0 Å². The van der Waals surface area contributed by atoms with Crippen LogP contribution in [0.5, 0.6) is 0 Å². The minimum absolute atomic E-state index is 0.0112. The lowest BCUT2D eigenvalue weighted by atomic mass is 10.0. The van der Waals surface area contributed by atoms with E-state index in [1.807, 2.05) is 19.9 Å². The smallest absolute Gasteiger partial charge is 0.128 e. The zero-order valence-electron chi connectivity index (χ0n) is 10.3. The molecule has 17 heavy (non-hydrogen) atoms. The summed E-state index contributed by atoms with van der Waals surface area (Å²) in [4.78, 5) is 2.07. The Morgan fingerprint density at radius 1 is 1.53 bits per heavy atom. The number of aliphatic hydroxyl groups is 1. The van der Waals surface area contributed by atoms with Crippen molar-refractivity contribution in [2.45, 2.75) is 32.0 Å². The molecule has 1 aliphatic heterocycles. The number of nitrogens with two attached hydrogens (primary N) is 1. The van der Waals surface area contributed by atoms with Gasteiger partial charge in [-0.05, 0) is 25.5 Å². The summed E-state index contributed by atoms with van der Waals surface area (Å²) in [6, 6.07) is 5.10. The molecular formula is C13H19FN2O. The standard InChI is InChI=1S/C13H19FN2O/c1-13(2,8-17)16-7-10-9(12(16)6-15)4-3-5-11(10)14/h3-5,12,17H,6-8,15H2,1-2H3. The molecule has 0 saturated carbocycles. The van der Waals surface area contributed by atoms with Crippen molar-refractivity contribution in [1.82, 2.24) is 4.90 Å². The van der Waals surface area contributed by atoms with E-state index in [4.69, 9.17) is 5.73 Å². The van der Waals surface area contributed by atoms with Gasteiger partial charge in [-0.2, -0.15) is 0 Å². The fourth-order valence-electron chi connectivity index (χ4n) is 2.48. The average Bonchev–Trinajstić information content (AvgIpc) is 2.69. The first kappa shape index (κ1) is 12.5. The van der Waals surface area contributed by atoms with Crippen LogP contribution < -0.4 is 5.73 Å². The van der Waals surface area contributed by atoms with E-state index in [1.54, 1.807) is 6.07 Å². The van der Waals surface area contributed by atoms with Crippen LogP contribution in [0.4, 0.5) is 4.39 Å². The second-order valence-electron chi connectivity index (χ2n) is 5.16. The summed E-state index contributed by atoms with van der Waals surface area (Å²) in [6.45, 7) is 4.86. The van der Waals surface area contributed by atoms with Crippen LogP contribution in [0.1, 0.15) is 31.0 Å². The minimum Gasteiger partial charge on any atom is -0.394 e. The fraction of sp³-hybridized carbons (Fsp3) is 0.538. The molecule has 1 atom stereocenters. The van der Waals surface area contributed by atoms with E-state index in [1.165, 1.54) is 6.07 Å². The lowest BCUT2D eigenvalue weighted by molar-refractivity contribution is 0.0289. The lowest BCUT2D eigenvalue weighted by Gasteiger charge is -2.38. The van der Waals surface area contributed by atoms with Gasteiger partial charge in [0.25, 0.3) is 0 Å². The molecule has 1 aromatic carbocycles. The van der Waals surface area contributed by atoms with Gasteiger partial charge in [-0.25, -0.2) is 4.39 Å². The number of hydrogen-bond donors (Lipinski definition) is 2. The Morgan fingerprint density at radius 2 is 2.24 bits per heavy atom. The van der Waals surface area contributed by atoms with Gasteiger partial charge in [0.15, 0.2) is 0 Å². The second kappa shape index (κ2) is 4.37. The van der Waals surface area contributed by atoms with Gasteiger partial charge in [0, 0.05) is 30.2 Å². The summed E-state index contributed by atoms with van der Waals surface area (Å²) >= 11 is 0. The normalized spacial score (nSPS) is 20.6. The van der Waals surface area contributed by atoms with Crippen molar-refractivity contribution in [3.05, 3.63) is 35.1 Å². The maximum absolute atomic E-state index is 13.7. The van der Waals surface area contributed by atoms with Gasteiger partial charge >= 0.3 is 0 Å². The molecule has 1 aliphatic rings. The molecule has 1 aromatic rings. The van der Waals surface area contributed by atoms with Crippen molar-refractivity contribution < 1.29 is 9.50 Å². The van der Waals surface area contributed by atoms with E-state index in [-0.39, 0.29) is 18.5 Å². The van der Waals surface area contributed by atoms with Crippen LogP contribution in [0.2, 0.25) is 0 Å². The number of hydrogen-bond acceptors (Lipinski definition) is 3. The largest absolute Gasteiger partial charge is 0.394 e. The number of halogens is 1. The Bertz CT molecular complexity index is 420. The number of fused-ring (bicyclic) bond motifs is 1. The van der Waals surface area contributed by atoms with Gasteiger partial charge in [0.1, 0.15) is 5.82 Å². The maximum Gasteiger partial charge on any atom is 0.128 e. The van der Waals surface area contributed by atoms with Crippen LogP contribution in [-0.2, 0) is 6.54 Å². The van der Waals surface area contributed by atoms with Gasteiger partial charge in [0.2, 0.25) is 0 Å². The van der Waals surface area contributed by atoms with Crippen LogP contribution in [-0.4, -0.2) is 28.7 Å². The van der Waals surface area contributed by atoms with Crippen molar-refractivity contribution in [3.8, 4) is 0 Å². The molecule has 0 fully saturated rings. The van der Waals surface area contributed by atoms with Crippen molar-refractivity contribution in [2.75, 3.05) is 13.2 Å². The summed E-state index contributed by atoms with van der Waals surface area (Å²) in [7, 11) is 0. The van der Waals surface area contributed by atoms with E-state index < -0.39 is 5.54 Å². The molecule has 0 amide bonds. The summed E-state index contributed by atoms with van der Waals surface area (Å²) in [5, 5.41) is 9.44. The van der Waals surface area contributed by atoms with Gasteiger partial charge < -0.3 is 10.8 Å². The predicted molar refractivity (Wildman–Crippen MR) is 64.9 cm³/mol. The quantitative estimate of drug-likeness (QED) is 0.837. The second-order valence-corrected chi connectivity index (χ2v) is 5.16. The zero-order chi connectivity index (χ0) is 12.6. The molecule has 0 aromatic heterocycles. The third-order valence-corrected chi connectivity index (χ3v) is 3.61. The van der Waals surface area contributed by atoms with Crippen LogP contribution >= 0.6 is 0 Å². The summed E-state index contributed by atoms with van der Waals surface area (Å²) in [5.41, 5.74) is 7.07.